The largest absolute Gasteiger partial charge is 0.478 e. The summed E-state index contributed by atoms with van der Waals surface area (Å²) in [6.45, 7) is 6.81. The molecule has 0 spiro atoms. The Morgan fingerprint density at radius 2 is 1.81 bits per heavy atom. The van der Waals surface area contributed by atoms with Crippen molar-refractivity contribution in [3.63, 3.8) is 0 Å². The lowest BCUT2D eigenvalue weighted by Crippen LogP contribution is -2.39. The molecule has 0 aliphatic carbocycles. The van der Waals surface area contributed by atoms with Gasteiger partial charge in [-0.25, -0.2) is 0 Å². The molecule has 0 amide bonds. The number of hydrogen-bond donors (Lipinski definition) is 0. The zero-order valence-electron chi connectivity index (χ0n) is 17.6. The van der Waals surface area contributed by atoms with Gasteiger partial charge >= 0.3 is 0 Å². The van der Waals surface area contributed by atoms with E-state index in [1.165, 1.54) is 0 Å². The topological polar surface area (TPSA) is 51.2 Å². The molecule has 0 atom stereocenters. The molecule has 0 aromatic heterocycles. The number of ketones is 1. The molecule has 0 unspecified atom stereocenters. The highest BCUT2D eigenvalue weighted by atomic mass is 35.5. The molecule has 1 fully saturated rings. The summed E-state index contributed by atoms with van der Waals surface area (Å²) in [7, 11) is 0. The first-order valence-corrected chi connectivity index (χ1v) is 11.5. The molecule has 168 valence electrons. The van der Waals surface area contributed by atoms with Gasteiger partial charge in [-0.1, -0.05) is 29.3 Å². The molecule has 1 saturated heterocycles. The third-order valence-corrected chi connectivity index (χ3v) is 6.72. The normalized spacial score (nSPS) is 20.1. The van der Waals surface area contributed by atoms with Crippen LogP contribution in [0.25, 0.3) is 6.08 Å². The molecule has 0 saturated carbocycles. The Kier molecular flexibility index (Phi) is 6.40. The van der Waals surface area contributed by atoms with Crippen LogP contribution in [0.4, 0.5) is 0 Å². The van der Waals surface area contributed by atoms with E-state index in [2.05, 4.69) is 9.80 Å². The highest BCUT2D eigenvalue weighted by Crippen LogP contribution is 2.42. The summed E-state index contributed by atoms with van der Waals surface area (Å²) in [5.41, 5.74) is 2.24. The summed E-state index contributed by atoms with van der Waals surface area (Å²) >= 11 is 12.1. The Hall–Kier alpha value is -2.09. The number of carbonyl (C=O) groups excluding carboxylic acids is 1. The second-order valence-electron chi connectivity index (χ2n) is 8.17. The van der Waals surface area contributed by atoms with Gasteiger partial charge < -0.3 is 14.2 Å². The number of rotatable bonds is 5. The quantitative estimate of drug-likeness (QED) is 0.595. The van der Waals surface area contributed by atoms with E-state index in [-0.39, 0.29) is 11.5 Å². The van der Waals surface area contributed by atoms with Crippen LogP contribution in [0.2, 0.25) is 10.0 Å². The molecule has 0 radical (unpaired) electrons. The standard InChI is InChI=1S/C24H24Cl2N2O4/c25-19-4-2-16(12-20(19)26)13-22-23(29)17-3-5-21-18(24(17)32-22)14-28(15-31-21)7-1-6-27-8-10-30-11-9-27/h2-5,12-13H,1,6-11,14-15H2/b22-13-. The average Bonchev–Trinajstić information content (AvgIpc) is 3.13. The molecule has 6 nitrogen and oxygen atoms in total. The molecule has 8 heteroatoms. The fourth-order valence-electron chi connectivity index (χ4n) is 4.24. The first kappa shape index (κ1) is 21.7. The predicted molar refractivity (Wildman–Crippen MR) is 124 cm³/mol. The SMILES string of the molecule is O=C1/C(=C/c2ccc(Cl)c(Cl)c2)Oc2c1ccc1c2CN(CCCN2CCOCC2)CO1. The van der Waals surface area contributed by atoms with Gasteiger partial charge in [0.25, 0.3) is 0 Å². The van der Waals surface area contributed by atoms with Crippen molar-refractivity contribution in [2.75, 3.05) is 46.1 Å². The second kappa shape index (κ2) is 9.41. The highest BCUT2D eigenvalue weighted by Gasteiger charge is 2.33. The fourth-order valence-corrected chi connectivity index (χ4v) is 4.55. The average molecular weight is 475 g/mol. The Bertz CT molecular complexity index is 1070. The van der Waals surface area contributed by atoms with Crippen LogP contribution >= 0.6 is 23.2 Å². The number of morpholine rings is 1. The number of Topliss-reactive ketones (excluding diaryl/α,β-unsaturated/α-hetero) is 1. The van der Waals surface area contributed by atoms with Crippen LogP contribution in [0.1, 0.15) is 27.9 Å². The van der Waals surface area contributed by atoms with Gasteiger partial charge in [-0.3, -0.25) is 14.6 Å². The number of hydrogen-bond acceptors (Lipinski definition) is 6. The molecule has 2 aromatic carbocycles. The van der Waals surface area contributed by atoms with Crippen LogP contribution in [0.15, 0.2) is 36.1 Å². The van der Waals surface area contributed by atoms with Crippen molar-refractivity contribution in [1.82, 2.24) is 9.80 Å². The molecular formula is C24H24Cl2N2O4. The van der Waals surface area contributed by atoms with E-state index in [4.69, 9.17) is 37.4 Å². The zero-order valence-corrected chi connectivity index (χ0v) is 19.1. The maximum Gasteiger partial charge on any atom is 0.231 e. The minimum absolute atomic E-state index is 0.140. The third-order valence-electron chi connectivity index (χ3n) is 5.98. The van der Waals surface area contributed by atoms with E-state index in [0.29, 0.717) is 34.6 Å². The van der Waals surface area contributed by atoms with Gasteiger partial charge in [0, 0.05) is 26.2 Å². The molecule has 32 heavy (non-hydrogen) atoms. The minimum Gasteiger partial charge on any atom is -0.478 e. The first-order chi connectivity index (χ1) is 15.6. The lowest BCUT2D eigenvalue weighted by atomic mass is 10.0. The van der Waals surface area contributed by atoms with Crippen LogP contribution in [0.5, 0.6) is 11.5 Å². The van der Waals surface area contributed by atoms with Crippen molar-refractivity contribution < 1.29 is 19.0 Å². The number of benzene rings is 2. The van der Waals surface area contributed by atoms with Gasteiger partial charge in [-0.05, 0) is 48.9 Å². The molecule has 3 heterocycles. The van der Waals surface area contributed by atoms with Gasteiger partial charge in [-0.15, -0.1) is 0 Å². The second-order valence-corrected chi connectivity index (χ2v) is 8.98. The van der Waals surface area contributed by atoms with E-state index < -0.39 is 0 Å². The van der Waals surface area contributed by atoms with Crippen LogP contribution < -0.4 is 9.47 Å². The fraction of sp³-hybridized carbons (Fsp3) is 0.375. The van der Waals surface area contributed by atoms with Gasteiger partial charge in [0.05, 0.1) is 34.4 Å². The van der Waals surface area contributed by atoms with Crippen molar-refractivity contribution in [2.24, 2.45) is 0 Å². The number of fused-ring (bicyclic) bond motifs is 3. The van der Waals surface area contributed by atoms with E-state index in [1.54, 1.807) is 30.3 Å². The molecule has 2 aromatic rings. The van der Waals surface area contributed by atoms with E-state index >= 15 is 0 Å². The van der Waals surface area contributed by atoms with Crippen LogP contribution in [-0.4, -0.2) is 61.7 Å². The lowest BCUT2D eigenvalue weighted by Gasteiger charge is -2.31. The molecule has 0 bridgehead atoms. The maximum absolute atomic E-state index is 12.9. The molecule has 3 aliphatic heterocycles. The van der Waals surface area contributed by atoms with Gasteiger partial charge in [0.2, 0.25) is 5.78 Å². The van der Waals surface area contributed by atoms with E-state index in [9.17, 15) is 4.79 Å². The first-order valence-electron chi connectivity index (χ1n) is 10.8. The molecule has 5 rings (SSSR count). The molecule has 0 N–H and O–H groups in total. The van der Waals surface area contributed by atoms with Gasteiger partial charge in [0.15, 0.2) is 5.76 Å². The van der Waals surface area contributed by atoms with Gasteiger partial charge in [-0.2, -0.15) is 0 Å². The highest BCUT2D eigenvalue weighted by molar-refractivity contribution is 6.42. The summed E-state index contributed by atoms with van der Waals surface area (Å²) < 4.78 is 17.4. The Balaban J connectivity index is 1.29. The van der Waals surface area contributed by atoms with Crippen molar-refractivity contribution in [2.45, 2.75) is 13.0 Å². The Labute approximate surface area is 197 Å². The third kappa shape index (κ3) is 4.51. The van der Waals surface area contributed by atoms with Crippen molar-refractivity contribution in [3.8, 4) is 11.5 Å². The predicted octanol–water partition coefficient (Wildman–Crippen LogP) is 4.48. The lowest BCUT2D eigenvalue weighted by molar-refractivity contribution is 0.0329. The van der Waals surface area contributed by atoms with Crippen LogP contribution in [0.3, 0.4) is 0 Å². The van der Waals surface area contributed by atoms with Crippen LogP contribution in [0, 0.1) is 0 Å². The van der Waals surface area contributed by atoms with E-state index in [0.717, 1.165) is 62.7 Å². The van der Waals surface area contributed by atoms with Crippen molar-refractivity contribution in [3.05, 3.63) is 62.8 Å². The number of nitrogens with zero attached hydrogens (tertiary/aromatic N) is 2. The molecular weight excluding hydrogens is 451 g/mol. The Morgan fingerprint density at radius 3 is 2.62 bits per heavy atom. The Morgan fingerprint density at radius 1 is 1.00 bits per heavy atom. The summed E-state index contributed by atoms with van der Waals surface area (Å²) in [4.78, 5) is 17.6. The maximum atomic E-state index is 12.9. The minimum atomic E-state index is -0.140. The smallest absolute Gasteiger partial charge is 0.231 e. The summed E-state index contributed by atoms with van der Waals surface area (Å²) in [6.07, 6.45) is 2.75. The summed E-state index contributed by atoms with van der Waals surface area (Å²) in [5, 5.41) is 0.901. The van der Waals surface area contributed by atoms with Crippen molar-refractivity contribution >= 4 is 35.1 Å². The number of carbonyl (C=O) groups is 1. The van der Waals surface area contributed by atoms with Gasteiger partial charge in [0.1, 0.15) is 18.2 Å². The van der Waals surface area contributed by atoms with Crippen LogP contribution in [-0.2, 0) is 11.3 Å². The number of halogens is 2. The monoisotopic (exact) mass is 474 g/mol. The molecule has 3 aliphatic rings. The summed E-state index contributed by atoms with van der Waals surface area (Å²) in [6, 6.07) is 8.86. The van der Waals surface area contributed by atoms with E-state index in [1.807, 2.05) is 6.07 Å². The number of ether oxygens (including phenoxy) is 3. The summed E-state index contributed by atoms with van der Waals surface area (Å²) in [5.74, 6) is 1.50. The van der Waals surface area contributed by atoms with Crippen molar-refractivity contribution in [1.29, 1.82) is 0 Å². The zero-order chi connectivity index (χ0) is 22.1. The number of allylic oxidation sites excluding steroid dienone is 1.